The lowest BCUT2D eigenvalue weighted by molar-refractivity contribution is 0.145. The molecule has 3 nitrogen and oxygen atoms in total. The molecule has 0 aromatic rings. The van der Waals surface area contributed by atoms with Crippen LogP contribution >= 0.6 is 0 Å². The molecule has 0 saturated heterocycles. The van der Waals surface area contributed by atoms with Crippen LogP contribution in [0.5, 0.6) is 0 Å². The van der Waals surface area contributed by atoms with Crippen molar-refractivity contribution in [1.82, 2.24) is 0 Å². The fourth-order valence-electron chi connectivity index (χ4n) is 0.548. The number of aliphatic hydroxyl groups is 2. The highest BCUT2D eigenvalue weighted by atomic mass is 16.3. The maximum absolute atomic E-state index is 8.67. The van der Waals surface area contributed by atoms with Crippen LogP contribution < -0.4 is 0 Å². The van der Waals surface area contributed by atoms with Gasteiger partial charge in [0.1, 0.15) is 0 Å². The molecule has 0 aliphatic carbocycles. The van der Waals surface area contributed by atoms with Crippen LogP contribution in [-0.4, -0.2) is 29.1 Å². The minimum Gasteiger partial charge on any atom is -0.396 e. The van der Waals surface area contributed by atoms with E-state index < -0.39 is 0 Å². The largest absolute Gasteiger partial charge is 0.396 e. The van der Waals surface area contributed by atoms with Crippen molar-refractivity contribution in [2.24, 2.45) is 22.7 Å². The molecule has 0 bridgehead atoms. The minimum atomic E-state index is 0.259. The molecule has 26 heavy (non-hydrogen) atoms. The van der Waals surface area contributed by atoms with Crippen molar-refractivity contribution in [1.29, 1.82) is 5.41 Å². The summed E-state index contributed by atoms with van der Waals surface area (Å²) >= 11 is 0. The second-order valence-corrected chi connectivity index (χ2v) is 7.90. The molecular formula is C23H57NO2. The molecule has 0 spiro atoms. The van der Waals surface area contributed by atoms with Gasteiger partial charge in [0, 0.05) is 18.9 Å². The summed E-state index contributed by atoms with van der Waals surface area (Å²) in [5, 5.41) is 23.8. The molecule has 166 valence electrons. The zero-order chi connectivity index (χ0) is 23.1. The molecule has 2 atom stereocenters. The molecule has 0 fully saturated rings. The maximum Gasteiger partial charge on any atom is 0.0461 e. The highest BCUT2D eigenvalue weighted by molar-refractivity contribution is 5.75. The second kappa shape index (κ2) is 26.8. The van der Waals surface area contributed by atoms with Gasteiger partial charge in [-0.1, -0.05) is 96.9 Å². The molecule has 0 radical (unpaired) electrons. The van der Waals surface area contributed by atoms with Crippen LogP contribution in [0.1, 0.15) is 111 Å². The Labute approximate surface area is 168 Å². The highest BCUT2D eigenvalue weighted by Gasteiger charge is 2.18. The van der Waals surface area contributed by atoms with Crippen LogP contribution in [0, 0.1) is 28.1 Å². The average molecular weight is 380 g/mol. The first-order valence-corrected chi connectivity index (χ1v) is 10.4. The van der Waals surface area contributed by atoms with Crippen molar-refractivity contribution in [2.75, 3.05) is 13.2 Å². The Morgan fingerprint density at radius 2 is 0.769 bits per heavy atom. The Morgan fingerprint density at radius 3 is 0.769 bits per heavy atom. The number of hydrogen-bond acceptors (Lipinski definition) is 3. The number of nitrogens with one attached hydrogen (secondary N) is 1. The summed E-state index contributed by atoms with van der Waals surface area (Å²) in [6.07, 6.45) is 0. The van der Waals surface area contributed by atoms with Crippen molar-refractivity contribution >= 4 is 5.71 Å². The van der Waals surface area contributed by atoms with Gasteiger partial charge in [0.25, 0.3) is 0 Å². The Hall–Kier alpha value is -0.410. The van der Waals surface area contributed by atoms with E-state index in [1.807, 2.05) is 41.5 Å². The van der Waals surface area contributed by atoms with E-state index in [9.17, 15) is 0 Å². The summed E-state index contributed by atoms with van der Waals surface area (Å²) in [7, 11) is 0. The monoisotopic (exact) mass is 379 g/mol. The smallest absolute Gasteiger partial charge is 0.0461 e. The van der Waals surface area contributed by atoms with E-state index >= 15 is 0 Å². The van der Waals surface area contributed by atoms with Gasteiger partial charge in [-0.3, -0.25) is 0 Å². The van der Waals surface area contributed by atoms with Crippen LogP contribution in [0.25, 0.3) is 0 Å². The van der Waals surface area contributed by atoms with Gasteiger partial charge < -0.3 is 15.6 Å². The van der Waals surface area contributed by atoms with E-state index in [0.29, 0.717) is 30.8 Å². The van der Waals surface area contributed by atoms with E-state index in [1.54, 1.807) is 13.8 Å². The van der Waals surface area contributed by atoms with Gasteiger partial charge >= 0.3 is 0 Å². The van der Waals surface area contributed by atoms with Gasteiger partial charge in [-0.05, 0) is 36.5 Å². The molecule has 0 heterocycles. The fraction of sp³-hybridized carbons (Fsp3) is 0.957. The maximum atomic E-state index is 8.67. The molecule has 0 rings (SSSR count). The molecule has 0 amide bonds. The van der Waals surface area contributed by atoms with Crippen LogP contribution in [0.4, 0.5) is 0 Å². The Bertz CT molecular complexity index is 214. The summed E-state index contributed by atoms with van der Waals surface area (Å²) in [4.78, 5) is 0. The molecule has 1 unspecified atom stereocenters. The van der Waals surface area contributed by atoms with Gasteiger partial charge in [0.05, 0.1) is 0 Å². The molecule has 3 heteroatoms. The minimum absolute atomic E-state index is 0.259. The fourth-order valence-corrected chi connectivity index (χ4v) is 0.548. The van der Waals surface area contributed by atoms with Crippen LogP contribution in [0.2, 0.25) is 0 Å². The van der Waals surface area contributed by atoms with Gasteiger partial charge in [0.15, 0.2) is 0 Å². The number of aliphatic hydroxyl groups excluding tert-OH is 2. The third kappa shape index (κ3) is 49.5. The standard InChI is InChI=1S/2C7H16O.C3H7N.3C2H6/c2*1-6(5-8)7(2,3)4;1-3(2)4;3*1-2/h2*6,8H,5H2,1-4H3;4H,1-2H3;3*1-2H3/t6-;;;;;/m1...../s1. The van der Waals surface area contributed by atoms with Crippen LogP contribution in [0.3, 0.4) is 0 Å². The second-order valence-electron chi connectivity index (χ2n) is 7.90. The van der Waals surface area contributed by atoms with Crippen molar-refractivity contribution in [3.05, 3.63) is 0 Å². The van der Waals surface area contributed by atoms with Gasteiger partial charge in [-0.15, -0.1) is 0 Å². The Balaban J connectivity index is -0.0000000520. The predicted molar refractivity (Wildman–Crippen MR) is 125 cm³/mol. The quantitative estimate of drug-likeness (QED) is 0.436. The molecule has 0 aliphatic heterocycles. The number of rotatable bonds is 2. The molecule has 0 aromatic heterocycles. The normalized spacial score (nSPS) is 11.6. The van der Waals surface area contributed by atoms with E-state index in [4.69, 9.17) is 15.6 Å². The first-order valence-electron chi connectivity index (χ1n) is 10.4. The summed E-state index contributed by atoms with van der Waals surface area (Å²) in [5.74, 6) is 0.810. The summed E-state index contributed by atoms with van der Waals surface area (Å²) in [6.45, 7) is 33.0. The molecule has 0 saturated carbocycles. The zero-order valence-electron chi connectivity index (χ0n) is 21.5. The van der Waals surface area contributed by atoms with E-state index in [0.717, 1.165) is 0 Å². The summed E-state index contributed by atoms with van der Waals surface area (Å²) in [5.41, 5.74) is 1.18. The van der Waals surface area contributed by atoms with Crippen molar-refractivity contribution in [2.45, 2.75) is 111 Å². The molecule has 0 aromatic carbocycles. The average Bonchev–Trinajstić information content (AvgIpc) is 2.57. The lowest BCUT2D eigenvalue weighted by atomic mass is 9.83. The third-order valence-electron chi connectivity index (χ3n) is 3.50. The lowest BCUT2D eigenvalue weighted by Crippen LogP contribution is -2.20. The summed E-state index contributed by atoms with van der Waals surface area (Å²) in [6, 6.07) is 0. The molecule has 0 aliphatic rings. The van der Waals surface area contributed by atoms with Gasteiger partial charge in [-0.2, -0.15) is 0 Å². The first-order chi connectivity index (χ1) is 11.7. The Kier molecular flexibility index (Phi) is 41.6. The van der Waals surface area contributed by atoms with Crippen molar-refractivity contribution < 1.29 is 10.2 Å². The SMILES string of the molecule is CC.CC.CC.CC(C)=N.CC(CO)C(C)(C)C.C[C@H](CO)C(C)(C)C. The first kappa shape index (κ1) is 40.3. The number of hydrogen-bond donors (Lipinski definition) is 3. The predicted octanol–water partition coefficient (Wildman–Crippen LogP) is 7.45. The summed E-state index contributed by atoms with van der Waals surface area (Å²) < 4.78 is 0. The molecule has 3 N–H and O–H groups in total. The topological polar surface area (TPSA) is 64.3 Å². The zero-order valence-corrected chi connectivity index (χ0v) is 21.5. The third-order valence-corrected chi connectivity index (χ3v) is 3.50. The van der Waals surface area contributed by atoms with E-state index in [2.05, 4.69) is 55.4 Å². The van der Waals surface area contributed by atoms with Gasteiger partial charge in [0.2, 0.25) is 0 Å². The van der Waals surface area contributed by atoms with Gasteiger partial charge in [-0.25, -0.2) is 0 Å². The Morgan fingerprint density at radius 1 is 0.654 bits per heavy atom. The lowest BCUT2D eigenvalue weighted by Gasteiger charge is -2.24. The molecular weight excluding hydrogens is 322 g/mol. The van der Waals surface area contributed by atoms with E-state index in [1.165, 1.54) is 0 Å². The van der Waals surface area contributed by atoms with Crippen LogP contribution in [0.15, 0.2) is 0 Å². The van der Waals surface area contributed by atoms with Crippen molar-refractivity contribution in [3.63, 3.8) is 0 Å². The van der Waals surface area contributed by atoms with Crippen LogP contribution in [-0.2, 0) is 0 Å². The van der Waals surface area contributed by atoms with E-state index in [-0.39, 0.29) is 10.8 Å². The highest BCUT2D eigenvalue weighted by Crippen LogP contribution is 2.24. The van der Waals surface area contributed by atoms with Crippen molar-refractivity contribution in [3.8, 4) is 0 Å².